The van der Waals surface area contributed by atoms with E-state index in [-0.39, 0.29) is 24.7 Å². The summed E-state index contributed by atoms with van der Waals surface area (Å²) in [7, 11) is 0. The molecule has 130 valence electrons. The SMILES string of the molecule is Cc1nc(CNC(=O)CCC(=O)N2CCC(c3ccccc3)=N2)cs1. The van der Waals surface area contributed by atoms with E-state index in [4.69, 9.17) is 0 Å². The van der Waals surface area contributed by atoms with Gasteiger partial charge in [0.1, 0.15) is 0 Å². The number of benzene rings is 1. The van der Waals surface area contributed by atoms with E-state index in [9.17, 15) is 9.59 Å². The Balaban J connectivity index is 1.45. The van der Waals surface area contributed by atoms with Crippen LogP contribution in [0.4, 0.5) is 0 Å². The fourth-order valence-electron chi connectivity index (χ4n) is 2.59. The highest BCUT2D eigenvalue weighted by Crippen LogP contribution is 2.15. The summed E-state index contributed by atoms with van der Waals surface area (Å²) in [5.74, 6) is -0.268. The molecule has 7 heteroatoms. The van der Waals surface area contributed by atoms with Gasteiger partial charge >= 0.3 is 0 Å². The van der Waals surface area contributed by atoms with Crippen LogP contribution in [0.1, 0.15) is 35.5 Å². The zero-order chi connectivity index (χ0) is 17.6. The van der Waals surface area contributed by atoms with E-state index < -0.39 is 0 Å². The Morgan fingerprint density at radius 1 is 1.24 bits per heavy atom. The fourth-order valence-corrected chi connectivity index (χ4v) is 3.20. The van der Waals surface area contributed by atoms with Crippen molar-refractivity contribution in [1.29, 1.82) is 0 Å². The third kappa shape index (κ3) is 4.73. The molecule has 1 aromatic heterocycles. The van der Waals surface area contributed by atoms with Crippen LogP contribution in [0, 0.1) is 6.92 Å². The Morgan fingerprint density at radius 2 is 2.04 bits per heavy atom. The Labute approximate surface area is 150 Å². The Morgan fingerprint density at radius 3 is 2.76 bits per heavy atom. The number of nitrogens with one attached hydrogen (secondary N) is 1. The maximum Gasteiger partial charge on any atom is 0.243 e. The number of hydrogen-bond donors (Lipinski definition) is 1. The van der Waals surface area contributed by atoms with Crippen LogP contribution in [0.3, 0.4) is 0 Å². The third-order valence-corrected chi connectivity index (χ3v) is 4.72. The van der Waals surface area contributed by atoms with Crippen LogP contribution >= 0.6 is 11.3 Å². The van der Waals surface area contributed by atoms with Gasteiger partial charge in [-0.1, -0.05) is 30.3 Å². The molecular formula is C18H20N4O2S. The van der Waals surface area contributed by atoms with Crippen molar-refractivity contribution < 1.29 is 9.59 Å². The fraction of sp³-hybridized carbons (Fsp3) is 0.333. The quantitative estimate of drug-likeness (QED) is 0.864. The van der Waals surface area contributed by atoms with Crippen molar-refractivity contribution in [3.8, 4) is 0 Å². The second-order valence-electron chi connectivity index (χ2n) is 5.81. The predicted molar refractivity (Wildman–Crippen MR) is 97.2 cm³/mol. The highest BCUT2D eigenvalue weighted by atomic mass is 32.1. The van der Waals surface area contributed by atoms with Crippen molar-refractivity contribution in [2.75, 3.05) is 6.54 Å². The molecule has 0 saturated carbocycles. The Bertz CT molecular complexity index is 785. The maximum atomic E-state index is 12.2. The van der Waals surface area contributed by atoms with Gasteiger partial charge in [-0.3, -0.25) is 9.59 Å². The van der Waals surface area contributed by atoms with Crippen LogP contribution in [0.2, 0.25) is 0 Å². The molecule has 0 radical (unpaired) electrons. The standard InChI is InChI=1S/C18H20N4O2S/c1-13-20-15(12-25-13)11-19-17(23)7-8-18(24)22-10-9-16(21-22)14-5-3-2-4-6-14/h2-6,12H,7-11H2,1H3,(H,19,23). The first-order chi connectivity index (χ1) is 12.1. The zero-order valence-corrected chi connectivity index (χ0v) is 14.9. The summed E-state index contributed by atoms with van der Waals surface area (Å²) in [5.41, 5.74) is 2.80. The lowest BCUT2D eigenvalue weighted by atomic mass is 10.1. The summed E-state index contributed by atoms with van der Waals surface area (Å²) in [6.07, 6.45) is 1.06. The molecule has 2 heterocycles. The average Bonchev–Trinajstić information content (AvgIpc) is 3.28. The number of amides is 2. The van der Waals surface area contributed by atoms with Gasteiger partial charge in [-0.05, 0) is 12.5 Å². The van der Waals surface area contributed by atoms with E-state index >= 15 is 0 Å². The number of aryl methyl sites for hydroxylation is 1. The number of hydrazone groups is 1. The van der Waals surface area contributed by atoms with Crippen LogP contribution in [0.25, 0.3) is 0 Å². The van der Waals surface area contributed by atoms with Crippen LogP contribution in [-0.4, -0.2) is 34.1 Å². The van der Waals surface area contributed by atoms with Crippen molar-refractivity contribution >= 4 is 28.9 Å². The van der Waals surface area contributed by atoms with Crippen molar-refractivity contribution in [3.05, 3.63) is 52.0 Å². The second kappa shape index (κ2) is 8.02. The van der Waals surface area contributed by atoms with E-state index in [1.54, 1.807) is 11.3 Å². The molecular weight excluding hydrogens is 336 g/mol. The first kappa shape index (κ1) is 17.3. The number of thiazole rings is 1. The Hall–Kier alpha value is -2.54. The van der Waals surface area contributed by atoms with Crippen molar-refractivity contribution in [3.63, 3.8) is 0 Å². The van der Waals surface area contributed by atoms with Gasteiger partial charge in [0, 0.05) is 24.6 Å². The smallest absolute Gasteiger partial charge is 0.243 e. The lowest BCUT2D eigenvalue weighted by molar-refractivity contribution is -0.133. The van der Waals surface area contributed by atoms with Gasteiger partial charge in [0.15, 0.2) is 0 Å². The first-order valence-corrected chi connectivity index (χ1v) is 9.11. The molecule has 0 fully saturated rings. The average molecular weight is 356 g/mol. The van der Waals surface area contributed by atoms with Crippen molar-refractivity contribution in [1.82, 2.24) is 15.3 Å². The second-order valence-corrected chi connectivity index (χ2v) is 6.88. The van der Waals surface area contributed by atoms with Crippen LogP contribution < -0.4 is 5.32 Å². The van der Waals surface area contributed by atoms with Gasteiger partial charge < -0.3 is 5.32 Å². The van der Waals surface area contributed by atoms with Crippen LogP contribution in [0.5, 0.6) is 0 Å². The summed E-state index contributed by atoms with van der Waals surface area (Å²) in [6, 6.07) is 9.83. The molecule has 2 aromatic rings. The van der Waals surface area contributed by atoms with Crippen LogP contribution in [-0.2, 0) is 16.1 Å². The number of carbonyl (C=O) groups is 2. The molecule has 0 saturated heterocycles. The molecule has 6 nitrogen and oxygen atoms in total. The molecule has 3 rings (SSSR count). The minimum atomic E-state index is -0.148. The van der Waals surface area contributed by atoms with E-state index in [0.29, 0.717) is 13.1 Å². The molecule has 0 atom stereocenters. The molecule has 0 unspecified atom stereocenters. The van der Waals surface area contributed by atoms with E-state index in [2.05, 4.69) is 15.4 Å². The molecule has 0 spiro atoms. The highest BCUT2D eigenvalue weighted by Gasteiger charge is 2.21. The molecule has 0 aliphatic carbocycles. The van der Waals surface area contributed by atoms with Crippen molar-refractivity contribution in [2.24, 2.45) is 5.10 Å². The molecule has 25 heavy (non-hydrogen) atoms. The summed E-state index contributed by atoms with van der Waals surface area (Å²) in [4.78, 5) is 28.4. The predicted octanol–water partition coefficient (Wildman–Crippen LogP) is 2.48. The monoisotopic (exact) mass is 356 g/mol. The molecule has 1 aliphatic heterocycles. The molecule has 1 N–H and O–H groups in total. The number of nitrogens with zero attached hydrogens (tertiary/aromatic N) is 3. The van der Waals surface area contributed by atoms with Crippen molar-refractivity contribution in [2.45, 2.75) is 32.7 Å². The third-order valence-electron chi connectivity index (χ3n) is 3.90. The molecule has 1 aromatic carbocycles. The summed E-state index contributed by atoms with van der Waals surface area (Å²) >= 11 is 1.55. The van der Waals surface area contributed by atoms with Gasteiger partial charge in [-0.25, -0.2) is 9.99 Å². The van der Waals surface area contributed by atoms with Gasteiger partial charge in [-0.2, -0.15) is 5.10 Å². The molecule has 2 amide bonds. The summed E-state index contributed by atoms with van der Waals surface area (Å²) in [6.45, 7) is 2.90. The maximum absolute atomic E-state index is 12.2. The molecule has 1 aliphatic rings. The largest absolute Gasteiger partial charge is 0.350 e. The normalized spacial score (nSPS) is 13.6. The summed E-state index contributed by atoms with van der Waals surface area (Å²) in [5, 5.41) is 11.5. The zero-order valence-electron chi connectivity index (χ0n) is 14.1. The minimum Gasteiger partial charge on any atom is -0.350 e. The minimum absolute atomic E-state index is 0.120. The van der Waals surface area contributed by atoms with Crippen LogP contribution in [0.15, 0.2) is 40.8 Å². The Kier molecular flexibility index (Phi) is 5.55. The highest BCUT2D eigenvalue weighted by molar-refractivity contribution is 7.09. The first-order valence-electron chi connectivity index (χ1n) is 8.23. The van der Waals surface area contributed by atoms with Gasteiger partial charge in [0.05, 0.1) is 29.5 Å². The van der Waals surface area contributed by atoms with E-state index in [1.807, 2.05) is 42.6 Å². The number of hydrogen-bond acceptors (Lipinski definition) is 5. The van der Waals surface area contributed by atoms with E-state index in [1.165, 1.54) is 5.01 Å². The number of aromatic nitrogens is 1. The van der Waals surface area contributed by atoms with E-state index in [0.717, 1.165) is 28.4 Å². The topological polar surface area (TPSA) is 74.7 Å². The summed E-state index contributed by atoms with van der Waals surface area (Å²) < 4.78 is 0. The van der Waals surface area contributed by atoms with Gasteiger partial charge in [-0.15, -0.1) is 11.3 Å². The molecule has 0 bridgehead atoms. The number of carbonyl (C=O) groups excluding carboxylic acids is 2. The number of rotatable bonds is 6. The van der Waals surface area contributed by atoms with Gasteiger partial charge in [0.2, 0.25) is 11.8 Å². The lowest BCUT2D eigenvalue weighted by Gasteiger charge is -2.11. The lowest BCUT2D eigenvalue weighted by Crippen LogP contribution is -2.27. The van der Waals surface area contributed by atoms with Gasteiger partial charge in [0.25, 0.3) is 0 Å².